The Bertz CT molecular complexity index is 518. The van der Waals surface area contributed by atoms with Crippen molar-refractivity contribution in [2.45, 2.75) is 6.92 Å². The molecule has 0 saturated carbocycles. The number of hydrogen-bond acceptors (Lipinski definition) is 3. The number of benzene rings is 1. The van der Waals surface area contributed by atoms with E-state index in [0.29, 0.717) is 15.9 Å². The van der Waals surface area contributed by atoms with Gasteiger partial charge in [0.2, 0.25) is 0 Å². The topological polar surface area (TPSA) is 72.7 Å². The molecule has 1 heterocycles. The number of rotatable bonds is 0. The number of aryl methyl sites for hydroxylation is 1. The first kappa shape index (κ1) is 7.72. The summed E-state index contributed by atoms with van der Waals surface area (Å²) in [4.78, 5) is 14.9. The number of hydrogen-bond donors (Lipinski definition) is 1. The van der Waals surface area contributed by atoms with Gasteiger partial charge in [0.05, 0.1) is 0 Å². The summed E-state index contributed by atoms with van der Waals surface area (Å²) in [5.74, 6) is 0. The lowest BCUT2D eigenvalue weighted by Gasteiger charge is -1.98. The summed E-state index contributed by atoms with van der Waals surface area (Å²) < 4.78 is 0. The van der Waals surface area contributed by atoms with E-state index in [0.717, 1.165) is 5.56 Å². The van der Waals surface area contributed by atoms with Crippen molar-refractivity contribution < 1.29 is 4.85 Å². The van der Waals surface area contributed by atoms with Crippen molar-refractivity contribution >= 4 is 11.0 Å². The van der Waals surface area contributed by atoms with Crippen LogP contribution in [-0.2, 0) is 0 Å². The zero-order chi connectivity index (χ0) is 9.42. The van der Waals surface area contributed by atoms with Crippen LogP contribution in [0.2, 0.25) is 0 Å². The van der Waals surface area contributed by atoms with Gasteiger partial charge >= 0.3 is 5.69 Å². The van der Waals surface area contributed by atoms with Crippen LogP contribution in [0.1, 0.15) is 5.56 Å². The number of nitrogens with one attached hydrogen (secondary N) is 1. The lowest BCUT2D eigenvalue weighted by molar-refractivity contribution is -0.644. The summed E-state index contributed by atoms with van der Waals surface area (Å²) in [5, 5.41) is 13.2. The van der Waals surface area contributed by atoms with Crippen molar-refractivity contribution in [2.24, 2.45) is 0 Å². The van der Waals surface area contributed by atoms with Crippen molar-refractivity contribution in [3.8, 4) is 0 Å². The highest BCUT2D eigenvalue weighted by molar-refractivity contribution is 5.70. The van der Waals surface area contributed by atoms with Gasteiger partial charge in [-0.2, -0.15) is 4.98 Å². The monoisotopic (exact) mass is 177 g/mol. The summed E-state index contributed by atoms with van der Waals surface area (Å²) in [6.45, 7) is 1.87. The van der Waals surface area contributed by atoms with Crippen LogP contribution in [0, 0.1) is 12.1 Å². The zero-order valence-electron chi connectivity index (χ0n) is 6.94. The third-order valence-corrected chi connectivity index (χ3v) is 1.77. The van der Waals surface area contributed by atoms with Gasteiger partial charge in [0.25, 0.3) is 5.52 Å². The van der Waals surface area contributed by atoms with E-state index in [1.54, 1.807) is 18.2 Å². The Morgan fingerprint density at radius 3 is 3.08 bits per heavy atom. The maximum Gasteiger partial charge on any atom is 0.395 e. The minimum Gasteiger partial charge on any atom is -0.595 e. The molecule has 2 aromatic rings. The van der Waals surface area contributed by atoms with E-state index in [-0.39, 0.29) is 0 Å². The largest absolute Gasteiger partial charge is 0.595 e. The van der Waals surface area contributed by atoms with Crippen LogP contribution in [0.15, 0.2) is 23.0 Å². The van der Waals surface area contributed by atoms with Crippen LogP contribution in [0.5, 0.6) is 0 Å². The molecule has 2 rings (SSSR count). The van der Waals surface area contributed by atoms with Crippen molar-refractivity contribution in [2.75, 3.05) is 0 Å². The molecule has 0 fully saturated rings. The number of aromatic amines is 1. The molecule has 1 aromatic carbocycles. The minimum atomic E-state index is -0.631. The Balaban J connectivity index is 2.94. The molecule has 0 atom stereocenters. The van der Waals surface area contributed by atoms with Gasteiger partial charge in [0.1, 0.15) is 5.52 Å². The predicted octanol–water partition coefficient (Wildman–Crippen LogP) is -0.135. The summed E-state index contributed by atoms with van der Waals surface area (Å²) >= 11 is 0. The molecule has 0 unspecified atom stereocenters. The molecule has 5 heteroatoms. The van der Waals surface area contributed by atoms with Gasteiger partial charge in [-0.05, 0) is 18.6 Å². The molecule has 0 aliphatic carbocycles. The van der Waals surface area contributed by atoms with Crippen LogP contribution in [0.3, 0.4) is 0 Å². The molecule has 1 N–H and O–H groups in total. The molecule has 0 saturated heterocycles. The van der Waals surface area contributed by atoms with E-state index in [1.807, 2.05) is 12.0 Å². The molecule has 66 valence electrons. The van der Waals surface area contributed by atoms with E-state index >= 15 is 0 Å². The molecule has 0 bridgehead atoms. The first-order chi connectivity index (χ1) is 6.16. The van der Waals surface area contributed by atoms with E-state index in [4.69, 9.17) is 0 Å². The highest BCUT2D eigenvalue weighted by Crippen LogP contribution is 2.06. The first-order valence-corrected chi connectivity index (χ1v) is 3.77. The summed E-state index contributed by atoms with van der Waals surface area (Å²) in [5.41, 5.74) is 1.11. The predicted molar refractivity (Wildman–Crippen MR) is 46.1 cm³/mol. The minimum absolute atomic E-state index is 0.366. The second kappa shape index (κ2) is 2.55. The Morgan fingerprint density at radius 2 is 2.31 bits per heavy atom. The smallest absolute Gasteiger partial charge is 0.395 e. The van der Waals surface area contributed by atoms with Gasteiger partial charge in [0, 0.05) is 6.07 Å². The lowest BCUT2D eigenvalue weighted by Crippen LogP contribution is -2.39. The molecule has 13 heavy (non-hydrogen) atoms. The Morgan fingerprint density at radius 1 is 1.54 bits per heavy atom. The molecule has 1 aromatic heterocycles. The molecule has 0 amide bonds. The van der Waals surface area contributed by atoms with E-state index < -0.39 is 5.69 Å². The maximum absolute atomic E-state index is 11.1. The zero-order valence-corrected chi connectivity index (χ0v) is 6.94. The number of fused-ring (bicyclic) bond motifs is 1. The molecular weight excluding hydrogens is 170 g/mol. The van der Waals surface area contributed by atoms with Crippen LogP contribution in [-0.4, -0.2) is 10.1 Å². The van der Waals surface area contributed by atoms with E-state index in [9.17, 15) is 10.0 Å². The van der Waals surface area contributed by atoms with Crippen molar-refractivity contribution in [3.63, 3.8) is 0 Å². The van der Waals surface area contributed by atoms with Gasteiger partial charge in [-0.15, -0.1) is 0 Å². The van der Waals surface area contributed by atoms with E-state index in [2.05, 4.69) is 4.98 Å². The Hall–Kier alpha value is -1.91. The standard InChI is InChI=1S/C8H7N3O2/c1-5-2-3-7-6(4-5)9-8(12)10-11(7)13/h2-4H,1H3,(H,9,10,12). The second-order valence-corrected chi connectivity index (χ2v) is 2.82. The molecule has 0 aliphatic rings. The molecule has 0 spiro atoms. The molecule has 5 nitrogen and oxygen atoms in total. The van der Waals surface area contributed by atoms with Gasteiger partial charge < -0.3 is 5.21 Å². The summed E-state index contributed by atoms with van der Waals surface area (Å²) in [6, 6.07) is 5.11. The van der Waals surface area contributed by atoms with Gasteiger partial charge in [-0.25, -0.2) is 4.79 Å². The van der Waals surface area contributed by atoms with E-state index in [1.165, 1.54) is 0 Å². The summed E-state index contributed by atoms with van der Waals surface area (Å²) in [7, 11) is 0. The quantitative estimate of drug-likeness (QED) is 0.449. The third kappa shape index (κ3) is 1.24. The van der Waals surface area contributed by atoms with Crippen molar-refractivity contribution in [3.05, 3.63) is 39.5 Å². The number of aromatic nitrogens is 3. The first-order valence-electron chi connectivity index (χ1n) is 3.77. The normalized spacial score (nSPS) is 10.5. The van der Waals surface area contributed by atoms with Crippen LogP contribution < -0.4 is 10.5 Å². The highest BCUT2D eigenvalue weighted by atomic mass is 16.5. The SMILES string of the molecule is Cc1ccc2c(c1)nc(=O)[nH][n+]2[O-]. The Labute approximate surface area is 73.2 Å². The fraction of sp³-hybridized carbons (Fsp3) is 0.125. The number of nitrogens with zero attached hydrogens (tertiary/aromatic N) is 2. The van der Waals surface area contributed by atoms with Crippen LogP contribution in [0.25, 0.3) is 11.0 Å². The average molecular weight is 177 g/mol. The average Bonchev–Trinajstić information content (AvgIpc) is 2.02. The van der Waals surface area contributed by atoms with Gasteiger partial charge in [-0.1, -0.05) is 16.0 Å². The fourth-order valence-corrected chi connectivity index (χ4v) is 1.18. The van der Waals surface area contributed by atoms with Crippen molar-refractivity contribution in [1.29, 1.82) is 0 Å². The summed E-state index contributed by atoms with van der Waals surface area (Å²) in [6.07, 6.45) is 0. The third-order valence-electron chi connectivity index (χ3n) is 1.77. The van der Waals surface area contributed by atoms with Gasteiger partial charge in [-0.3, -0.25) is 0 Å². The highest BCUT2D eigenvalue weighted by Gasteiger charge is 2.05. The second-order valence-electron chi connectivity index (χ2n) is 2.82. The number of H-pyrrole nitrogens is 1. The molecular formula is C8H7N3O2. The van der Waals surface area contributed by atoms with Crippen molar-refractivity contribution in [1.82, 2.24) is 10.1 Å². The molecule has 0 aliphatic heterocycles. The lowest BCUT2D eigenvalue weighted by atomic mass is 10.2. The fourth-order valence-electron chi connectivity index (χ4n) is 1.18. The van der Waals surface area contributed by atoms with Crippen LogP contribution >= 0.6 is 0 Å². The molecule has 0 radical (unpaired) electrons. The van der Waals surface area contributed by atoms with Crippen LogP contribution in [0.4, 0.5) is 0 Å². The maximum atomic E-state index is 11.1. The van der Waals surface area contributed by atoms with Gasteiger partial charge in [0.15, 0.2) is 0 Å². The Kier molecular flexibility index (Phi) is 1.51.